The van der Waals surface area contributed by atoms with Gasteiger partial charge in [-0.15, -0.1) is 0 Å². The van der Waals surface area contributed by atoms with Crippen molar-refractivity contribution in [2.45, 2.75) is 25.9 Å². The lowest BCUT2D eigenvalue weighted by molar-refractivity contribution is -0.126. The Bertz CT molecular complexity index is 450. The number of nitrogen functional groups attached to an aromatic ring is 1. The molecule has 0 aliphatic carbocycles. The number of hydrogen-bond acceptors (Lipinski definition) is 4. The molecule has 20 heavy (non-hydrogen) atoms. The van der Waals surface area contributed by atoms with Crippen LogP contribution in [-0.2, 0) is 9.53 Å². The minimum atomic E-state index is -0.0261. The average Bonchev–Trinajstić information content (AvgIpc) is 2.93. The summed E-state index contributed by atoms with van der Waals surface area (Å²) in [5.41, 5.74) is 6.38. The number of carbonyl (C=O) groups is 1. The summed E-state index contributed by atoms with van der Waals surface area (Å²) in [5.74, 6) is 0.679. The Labute approximate surface area is 119 Å². The van der Waals surface area contributed by atoms with Gasteiger partial charge in [0.25, 0.3) is 0 Å². The molecule has 2 unspecified atom stereocenters. The lowest BCUT2D eigenvalue weighted by atomic mass is 9.99. The molecule has 1 aliphatic heterocycles. The predicted molar refractivity (Wildman–Crippen MR) is 77.5 cm³/mol. The van der Waals surface area contributed by atoms with Crippen LogP contribution < -0.4 is 15.8 Å². The van der Waals surface area contributed by atoms with Gasteiger partial charge in [-0.3, -0.25) is 4.79 Å². The summed E-state index contributed by atoms with van der Waals surface area (Å²) < 4.78 is 11.1. The molecular weight excluding hydrogens is 256 g/mol. The first-order valence-electron chi connectivity index (χ1n) is 7.09. The van der Waals surface area contributed by atoms with Crippen molar-refractivity contribution in [3.63, 3.8) is 0 Å². The molecule has 3 N–H and O–H groups in total. The van der Waals surface area contributed by atoms with E-state index in [0.717, 1.165) is 12.8 Å². The largest absolute Gasteiger partial charge is 0.490 e. The van der Waals surface area contributed by atoms with Gasteiger partial charge in [0.05, 0.1) is 24.3 Å². The van der Waals surface area contributed by atoms with Gasteiger partial charge >= 0.3 is 0 Å². The first kappa shape index (κ1) is 14.7. The molecule has 1 saturated heterocycles. The highest BCUT2D eigenvalue weighted by atomic mass is 16.5. The van der Waals surface area contributed by atoms with Crippen molar-refractivity contribution in [1.82, 2.24) is 5.32 Å². The number of para-hydroxylation sites is 2. The molecule has 1 fully saturated rings. The van der Waals surface area contributed by atoms with Crippen LogP contribution >= 0.6 is 0 Å². The molecular formula is C15H22N2O3. The third-order valence-corrected chi connectivity index (χ3v) is 3.53. The molecule has 1 heterocycles. The van der Waals surface area contributed by atoms with Crippen molar-refractivity contribution in [3.8, 4) is 5.75 Å². The van der Waals surface area contributed by atoms with Gasteiger partial charge in [0.2, 0.25) is 5.91 Å². The SMILES string of the molecule is CCC1OCCC1C(=O)NCCOc1ccccc1N. The first-order chi connectivity index (χ1) is 9.72. The highest BCUT2D eigenvalue weighted by molar-refractivity contribution is 5.79. The second-order valence-corrected chi connectivity index (χ2v) is 4.89. The lowest BCUT2D eigenvalue weighted by Crippen LogP contribution is -2.37. The number of anilines is 1. The predicted octanol–water partition coefficient (Wildman–Crippen LogP) is 1.58. The fourth-order valence-electron chi connectivity index (χ4n) is 2.43. The van der Waals surface area contributed by atoms with Crippen LogP contribution in [0.4, 0.5) is 5.69 Å². The fourth-order valence-corrected chi connectivity index (χ4v) is 2.43. The van der Waals surface area contributed by atoms with Crippen LogP contribution in [0, 0.1) is 5.92 Å². The molecule has 0 spiro atoms. The Balaban J connectivity index is 1.71. The third-order valence-electron chi connectivity index (χ3n) is 3.53. The molecule has 1 amide bonds. The van der Waals surface area contributed by atoms with Crippen LogP contribution in [0.2, 0.25) is 0 Å². The molecule has 0 bridgehead atoms. The Morgan fingerprint density at radius 2 is 2.30 bits per heavy atom. The van der Waals surface area contributed by atoms with Crippen molar-refractivity contribution >= 4 is 11.6 Å². The average molecular weight is 278 g/mol. The molecule has 0 saturated carbocycles. The van der Waals surface area contributed by atoms with Gasteiger partial charge < -0.3 is 20.5 Å². The van der Waals surface area contributed by atoms with Gasteiger partial charge in [0.15, 0.2) is 0 Å². The van der Waals surface area contributed by atoms with Crippen LogP contribution in [0.1, 0.15) is 19.8 Å². The molecule has 2 rings (SSSR count). The zero-order valence-electron chi connectivity index (χ0n) is 11.8. The Morgan fingerprint density at radius 1 is 1.50 bits per heavy atom. The van der Waals surface area contributed by atoms with Crippen molar-refractivity contribution in [2.24, 2.45) is 5.92 Å². The Hall–Kier alpha value is -1.75. The summed E-state index contributed by atoms with van der Waals surface area (Å²) in [4.78, 5) is 12.0. The summed E-state index contributed by atoms with van der Waals surface area (Å²) >= 11 is 0. The third kappa shape index (κ3) is 3.63. The van der Waals surface area contributed by atoms with Crippen LogP contribution in [0.25, 0.3) is 0 Å². The lowest BCUT2D eigenvalue weighted by Gasteiger charge is -2.16. The van der Waals surface area contributed by atoms with Gasteiger partial charge in [0, 0.05) is 6.61 Å². The van der Waals surface area contributed by atoms with E-state index in [1.807, 2.05) is 25.1 Å². The number of ether oxygens (including phenoxy) is 2. The summed E-state index contributed by atoms with van der Waals surface area (Å²) in [6.45, 7) is 3.59. The molecule has 110 valence electrons. The molecule has 1 aromatic rings. The smallest absolute Gasteiger partial charge is 0.225 e. The number of amides is 1. The van der Waals surface area contributed by atoms with E-state index in [1.54, 1.807) is 6.07 Å². The van der Waals surface area contributed by atoms with Crippen LogP contribution in [0.3, 0.4) is 0 Å². The van der Waals surface area contributed by atoms with E-state index in [-0.39, 0.29) is 17.9 Å². The van der Waals surface area contributed by atoms with E-state index < -0.39 is 0 Å². The normalized spacial score (nSPS) is 21.6. The molecule has 0 radical (unpaired) electrons. The maximum Gasteiger partial charge on any atom is 0.225 e. The number of nitrogens with two attached hydrogens (primary N) is 1. The maximum absolute atomic E-state index is 12.0. The van der Waals surface area contributed by atoms with Crippen molar-refractivity contribution in [2.75, 3.05) is 25.5 Å². The minimum Gasteiger partial charge on any atom is -0.490 e. The van der Waals surface area contributed by atoms with Crippen molar-refractivity contribution in [1.29, 1.82) is 0 Å². The zero-order chi connectivity index (χ0) is 14.4. The van der Waals surface area contributed by atoms with E-state index in [0.29, 0.717) is 31.2 Å². The number of nitrogens with one attached hydrogen (secondary N) is 1. The van der Waals surface area contributed by atoms with Crippen molar-refractivity contribution < 1.29 is 14.3 Å². The van der Waals surface area contributed by atoms with E-state index >= 15 is 0 Å². The Kier molecular flexibility index (Phi) is 5.24. The van der Waals surface area contributed by atoms with Crippen LogP contribution in [-0.4, -0.2) is 31.8 Å². The van der Waals surface area contributed by atoms with Crippen molar-refractivity contribution in [3.05, 3.63) is 24.3 Å². The molecule has 1 aromatic carbocycles. The molecule has 5 heteroatoms. The quantitative estimate of drug-likeness (QED) is 0.612. The first-order valence-corrected chi connectivity index (χ1v) is 7.09. The number of hydrogen-bond donors (Lipinski definition) is 2. The van der Waals surface area contributed by atoms with Gasteiger partial charge in [-0.25, -0.2) is 0 Å². The molecule has 0 aromatic heterocycles. The topological polar surface area (TPSA) is 73.6 Å². The van der Waals surface area contributed by atoms with E-state index in [2.05, 4.69) is 5.32 Å². The summed E-state index contributed by atoms with van der Waals surface area (Å²) in [6.07, 6.45) is 1.73. The Morgan fingerprint density at radius 3 is 3.05 bits per heavy atom. The molecule has 1 aliphatic rings. The van der Waals surface area contributed by atoms with E-state index in [1.165, 1.54) is 0 Å². The maximum atomic E-state index is 12.0. The summed E-state index contributed by atoms with van der Waals surface area (Å²) in [5, 5.41) is 2.89. The van der Waals surface area contributed by atoms with Gasteiger partial charge in [-0.2, -0.15) is 0 Å². The highest BCUT2D eigenvalue weighted by Crippen LogP contribution is 2.23. The van der Waals surface area contributed by atoms with Crippen LogP contribution in [0.5, 0.6) is 5.75 Å². The standard InChI is InChI=1S/C15H22N2O3/c1-2-13-11(7-9-19-13)15(18)17-8-10-20-14-6-4-3-5-12(14)16/h3-6,11,13H,2,7-10,16H2,1H3,(H,17,18). The van der Waals surface area contributed by atoms with E-state index in [4.69, 9.17) is 15.2 Å². The zero-order valence-corrected chi connectivity index (χ0v) is 11.8. The fraction of sp³-hybridized carbons (Fsp3) is 0.533. The number of benzene rings is 1. The van der Waals surface area contributed by atoms with E-state index in [9.17, 15) is 4.79 Å². The highest BCUT2D eigenvalue weighted by Gasteiger charge is 2.32. The summed E-state index contributed by atoms with van der Waals surface area (Å²) in [7, 11) is 0. The number of rotatable bonds is 6. The monoisotopic (exact) mass is 278 g/mol. The number of carbonyl (C=O) groups excluding carboxylic acids is 1. The summed E-state index contributed by atoms with van der Waals surface area (Å²) in [6, 6.07) is 7.33. The minimum absolute atomic E-state index is 0.0261. The van der Waals surface area contributed by atoms with Gasteiger partial charge in [-0.1, -0.05) is 19.1 Å². The van der Waals surface area contributed by atoms with Crippen LogP contribution in [0.15, 0.2) is 24.3 Å². The van der Waals surface area contributed by atoms with Gasteiger partial charge in [0.1, 0.15) is 12.4 Å². The second-order valence-electron chi connectivity index (χ2n) is 4.89. The molecule has 5 nitrogen and oxygen atoms in total. The van der Waals surface area contributed by atoms with Gasteiger partial charge in [-0.05, 0) is 25.0 Å². The molecule has 2 atom stereocenters. The second kappa shape index (κ2) is 7.14.